The van der Waals surface area contributed by atoms with Crippen molar-refractivity contribution in [1.29, 1.82) is 0 Å². The molecule has 0 radical (unpaired) electrons. The minimum Gasteiger partial charge on any atom is -0.398 e. The molecule has 90 valence electrons. The number of aromatic nitrogens is 1. The van der Waals surface area contributed by atoms with Crippen molar-refractivity contribution in [3.05, 3.63) is 33.9 Å². The van der Waals surface area contributed by atoms with E-state index in [1.54, 1.807) is 19.1 Å². The summed E-state index contributed by atoms with van der Waals surface area (Å²) in [7, 11) is 0. The second-order valence-corrected chi connectivity index (χ2v) is 4.54. The quantitative estimate of drug-likeness (QED) is 0.801. The van der Waals surface area contributed by atoms with E-state index in [0.29, 0.717) is 15.4 Å². The summed E-state index contributed by atoms with van der Waals surface area (Å²) >= 11 is 3.26. The van der Waals surface area contributed by atoms with Gasteiger partial charge in [-0.1, -0.05) is 22.0 Å². The zero-order valence-corrected chi connectivity index (χ0v) is 10.4. The Hall–Kier alpha value is -1.30. The number of hydrogen-bond acceptors (Lipinski definition) is 2. The first-order valence-electron chi connectivity index (χ1n) is 4.73. The molecule has 0 saturated carbocycles. The smallest absolute Gasteiger partial charge is 0.398 e. The molecule has 2 nitrogen and oxygen atoms in total. The summed E-state index contributed by atoms with van der Waals surface area (Å²) in [6.07, 6.45) is -4.49. The van der Waals surface area contributed by atoms with Gasteiger partial charge in [0.2, 0.25) is 0 Å². The summed E-state index contributed by atoms with van der Waals surface area (Å²) < 4.78 is 38.4. The highest BCUT2D eigenvalue weighted by Crippen LogP contribution is 2.35. The van der Waals surface area contributed by atoms with E-state index in [-0.39, 0.29) is 11.2 Å². The first kappa shape index (κ1) is 12.2. The number of alkyl halides is 3. The molecule has 0 amide bonds. The fourth-order valence-electron chi connectivity index (χ4n) is 1.61. The number of nitrogens with zero attached hydrogens (tertiary/aromatic N) is 1. The van der Waals surface area contributed by atoms with Crippen molar-refractivity contribution in [2.75, 3.05) is 5.73 Å². The van der Waals surface area contributed by atoms with Gasteiger partial charge in [-0.15, -0.1) is 0 Å². The topological polar surface area (TPSA) is 38.9 Å². The molecular weight excluding hydrogens is 297 g/mol. The molecular formula is C11H8BrF3N2. The lowest BCUT2D eigenvalue weighted by Crippen LogP contribution is -2.09. The normalized spacial score (nSPS) is 12.1. The van der Waals surface area contributed by atoms with Crippen LogP contribution >= 0.6 is 15.9 Å². The van der Waals surface area contributed by atoms with Gasteiger partial charge in [0.15, 0.2) is 0 Å². The van der Waals surface area contributed by atoms with Crippen LogP contribution < -0.4 is 5.73 Å². The van der Waals surface area contributed by atoms with Crippen molar-refractivity contribution < 1.29 is 13.2 Å². The Morgan fingerprint density at radius 1 is 1.29 bits per heavy atom. The maximum Gasteiger partial charge on any atom is 0.433 e. The fourth-order valence-corrected chi connectivity index (χ4v) is 2.16. The van der Waals surface area contributed by atoms with Crippen molar-refractivity contribution in [2.45, 2.75) is 13.1 Å². The summed E-state index contributed by atoms with van der Waals surface area (Å²) in [5.74, 6) is 0. The van der Waals surface area contributed by atoms with Crippen molar-refractivity contribution in [1.82, 2.24) is 4.98 Å². The van der Waals surface area contributed by atoms with Gasteiger partial charge in [-0.2, -0.15) is 13.2 Å². The van der Waals surface area contributed by atoms with Gasteiger partial charge in [-0.05, 0) is 24.6 Å². The second kappa shape index (κ2) is 3.87. The Kier molecular flexibility index (Phi) is 2.77. The predicted molar refractivity (Wildman–Crippen MR) is 63.6 cm³/mol. The van der Waals surface area contributed by atoms with Crippen LogP contribution in [0.15, 0.2) is 22.7 Å². The van der Waals surface area contributed by atoms with E-state index in [4.69, 9.17) is 5.73 Å². The third-order valence-electron chi connectivity index (χ3n) is 2.43. The van der Waals surface area contributed by atoms with Crippen LogP contribution in [0.1, 0.15) is 11.3 Å². The van der Waals surface area contributed by atoms with Crippen LogP contribution in [-0.4, -0.2) is 4.98 Å². The lowest BCUT2D eigenvalue weighted by molar-refractivity contribution is -0.140. The number of benzene rings is 1. The molecule has 0 aliphatic rings. The molecule has 1 aromatic heterocycles. The summed E-state index contributed by atoms with van der Waals surface area (Å²) in [5.41, 5.74) is 5.68. The highest BCUT2D eigenvalue weighted by atomic mass is 79.9. The summed E-state index contributed by atoms with van der Waals surface area (Å²) in [6, 6.07) is 4.29. The number of halogens is 4. The van der Waals surface area contributed by atoms with Crippen LogP contribution in [0.2, 0.25) is 0 Å². The molecule has 0 atom stereocenters. The Morgan fingerprint density at radius 2 is 1.94 bits per heavy atom. The van der Waals surface area contributed by atoms with Crippen LogP contribution in [0.3, 0.4) is 0 Å². The molecule has 0 spiro atoms. The third kappa shape index (κ3) is 2.09. The van der Waals surface area contributed by atoms with E-state index < -0.39 is 11.9 Å². The van der Waals surface area contributed by atoms with Gasteiger partial charge in [0, 0.05) is 15.5 Å². The summed E-state index contributed by atoms with van der Waals surface area (Å²) in [5, 5.41) is 0.512. The molecule has 1 aromatic carbocycles. The van der Waals surface area contributed by atoms with Crippen molar-refractivity contribution in [3.8, 4) is 0 Å². The monoisotopic (exact) mass is 304 g/mol. The van der Waals surface area contributed by atoms with Gasteiger partial charge < -0.3 is 5.73 Å². The molecule has 17 heavy (non-hydrogen) atoms. The second-order valence-electron chi connectivity index (χ2n) is 3.68. The number of nitrogen functional groups attached to an aromatic ring is 1. The largest absolute Gasteiger partial charge is 0.433 e. The summed E-state index contributed by atoms with van der Waals surface area (Å²) in [4.78, 5) is 3.63. The van der Waals surface area contributed by atoms with Gasteiger partial charge in [0.05, 0.1) is 5.52 Å². The van der Waals surface area contributed by atoms with Gasteiger partial charge in [0.1, 0.15) is 5.69 Å². The number of nitrogens with two attached hydrogens (primary N) is 1. The zero-order chi connectivity index (χ0) is 12.8. The molecule has 1 heterocycles. The van der Waals surface area contributed by atoms with Crippen LogP contribution in [0.25, 0.3) is 10.9 Å². The van der Waals surface area contributed by atoms with Crippen molar-refractivity contribution in [3.63, 3.8) is 0 Å². The van der Waals surface area contributed by atoms with Gasteiger partial charge >= 0.3 is 6.18 Å². The molecule has 2 N–H and O–H groups in total. The van der Waals surface area contributed by atoms with Crippen LogP contribution in [0.4, 0.5) is 18.9 Å². The number of anilines is 1. The number of pyridine rings is 1. The molecule has 0 fully saturated rings. The van der Waals surface area contributed by atoms with E-state index in [0.717, 1.165) is 6.07 Å². The molecule has 0 saturated heterocycles. The maximum atomic E-state index is 12.6. The number of aryl methyl sites for hydroxylation is 1. The van der Waals surface area contributed by atoms with Gasteiger partial charge in [-0.25, -0.2) is 4.98 Å². The van der Waals surface area contributed by atoms with E-state index in [1.807, 2.05) is 0 Å². The Balaban J connectivity index is 2.87. The van der Waals surface area contributed by atoms with E-state index in [9.17, 15) is 13.2 Å². The number of rotatable bonds is 0. The molecule has 0 aliphatic heterocycles. The van der Waals surface area contributed by atoms with Crippen LogP contribution in [0.5, 0.6) is 0 Å². The lowest BCUT2D eigenvalue weighted by Gasteiger charge is -2.11. The van der Waals surface area contributed by atoms with Gasteiger partial charge in [-0.3, -0.25) is 0 Å². The predicted octanol–water partition coefficient (Wildman–Crippen LogP) is 3.91. The standard InChI is InChI=1S/C11H8BrF3N2/c1-5-2-3-6(12)9-7(16)4-8(11(13,14)15)17-10(5)9/h2-4H,1H3,(H2,16,17). The fraction of sp³-hybridized carbons (Fsp3) is 0.182. The molecule has 0 unspecified atom stereocenters. The molecule has 0 aliphatic carbocycles. The summed E-state index contributed by atoms with van der Waals surface area (Å²) in [6.45, 7) is 1.70. The minimum atomic E-state index is -4.49. The SMILES string of the molecule is Cc1ccc(Br)c2c(N)cc(C(F)(F)F)nc12. The average molecular weight is 305 g/mol. The lowest BCUT2D eigenvalue weighted by atomic mass is 10.1. The highest BCUT2D eigenvalue weighted by molar-refractivity contribution is 9.10. The first-order valence-corrected chi connectivity index (χ1v) is 5.52. The van der Waals surface area contributed by atoms with E-state index >= 15 is 0 Å². The molecule has 2 aromatic rings. The number of hydrogen-bond donors (Lipinski definition) is 1. The Morgan fingerprint density at radius 3 is 2.53 bits per heavy atom. The van der Waals surface area contributed by atoms with Crippen molar-refractivity contribution >= 4 is 32.5 Å². The molecule has 6 heteroatoms. The highest BCUT2D eigenvalue weighted by Gasteiger charge is 2.33. The maximum absolute atomic E-state index is 12.6. The van der Waals surface area contributed by atoms with Gasteiger partial charge in [0.25, 0.3) is 0 Å². The Labute approximate surface area is 104 Å². The van der Waals surface area contributed by atoms with Crippen molar-refractivity contribution in [2.24, 2.45) is 0 Å². The molecule has 0 bridgehead atoms. The van der Waals surface area contributed by atoms with Crippen LogP contribution in [-0.2, 0) is 6.18 Å². The Bertz CT molecular complexity index is 593. The van der Waals surface area contributed by atoms with E-state index in [2.05, 4.69) is 20.9 Å². The molecule has 2 rings (SSSR count). The zero-order valence-electron chi connectivity index (χ0n) is 8.77. The average Bonchev–Trinajstić information content (AvgIpc) is 2.21. The third-order valence-corrected chi connectivity index (χ3v) is 3.09. The minimum absolute atomic E-state index is 0.0675. The first-order chi connectivity index (χ1) is 7.80. The van der Waals surface area contributed by atoms with E-state index in [1.165, 1.54) is 0 Å². The van der Waals surface area contributed by atoms with Crippen LogP contribution in [0, 0.1) is 6.92 Å². The number of fused-ring (bicyclic) bond motifs is 1.